The molecule has 1 N–H and O–H groups in total. The highest BCUT2D eigenvalue weighted by atomic mass is 16.5. The lowest BCUT2D eigenvalue weighted by Gasteiger charge is -2.15. The van der Waals surface area contributed by atoms with Crippen LogP contribution in [0.15, 0.2) is 24.3 Å². The molecule has 2 aromatic rings. The van der Waals surface area contributed by atoms with E-state index in [9.17, 15) is 4.79 Å². The molecule has 0 radical (unpaired) electrons. The fourth-order valence-corrected chi connectivity index (χ4v) is 3.02. The lowest BCUT2D eigenvalue weighted by Crippen LogP contribution is -2.28. The number of amides is 1. The fraction of sp³-hybridized carbons (Fsp3) is 0.381. The topological polar surface area (TPSA) is 66.0 Å². The quantitative estimate of drug-likeness (QED) is 0.769. The third-order valence-electron chi connectivity index (χ3n) is 4.17. The van der Waals surface area contributed by atoms with Gasteiger partial charge in [-0.2, -0.15) is 0 Å². The predicted octanol–water partition coefficient (Wildman–Crippen LogP) is 3.33. The monoisotopic (exact) mass is 373 g/mol. The average molecular weight is 373 g/mol. The van der Waals surface area contributed by atoms with Crippen LogP contribution in [0.2, 0.25) is 0 Å². The number of ether oxygens (including phenoxy) is 4. The predicted molar refractivity (Wildman–Crippen MR) is 104 cm³/mol. The van der Waals surface area contributed by atoms with Crippen molar-refractivity contribution in [1.82, 2.24) is 5.32 Å². The number of carbonyl (C=O) groups is 1. The highest BCUT2D eigenvalue weighted by molar-refractivity contribution is 5.77. The van der Waals surface area contributed by atoms with Crippen molar-refractivity contribution in [2.45, 2.75) is 27.3 Å². The molecule has 0 aliphatic rings. The Morgan fingerprint density at radius 2 is 1.41 bits per heavy atom. The molecule has 0 aliphatic heterocycles. The van der Waals surface area contributed by atoms with Gasteiger partial charge in [0.05, 0.1) is 21.3 Å². The van der Waals surface area contributed by atoms with Gasteiger partial charge in [0, 0.05) is 6.54 Å². The van der Waals surface area contributed by atoms with Gasteiger partial charge in [-0.25, -0.2) is 0 Å². The van der Waals surface area contributed by atoms with Crippen LogP contribution in [0.3, 0.4) is 0 Å². The summed E-state index contributed by atoms with van der Waals surface area (Å²) in [5, 5.41) is 2.84. The molecule has 0 fully saturated rings. The van der Waals surface area contributed by atoms with Crippen molar-refractivity contribution in [1.29, 1.82) is 0 Å². The van der Waals surface area contributed by atoms with Gasteiger partial charge in [0.2, 0.25) is 5.75 Å². The SMILES string of the molecule is COc1cc(CNC(=O)COc2c(C)cc(C)cc2C)cc(OC)c1OC. The van der Waals surface area contributed by atoms with Crippen LogP contribution < -0.4 is 24.3 Å². The molecule has 27 heavy (non-hydrogen) atoms. The third-order valence-corrected chi connectivity index (χ3v) is 4.17. The van der Waals surface area contributed by atoms with Gasteiger partial charge < -0.3 is 24.3 Å². The van der Waals surface area contributed by atoms with Gasteiger partial charge in [-0.15, -0.1) is 0 Å². The first-order chi connectivity index (χ1) is 12.9. The van der Waals surface area contributed by atoms with Crippen molar-refractivity contribution in [3.8, 4) is 23.0 Å². The summed E-state index contributed by atoms with van der Waals surface area (Å²) in [6, 6.07) is 7.68. The Morgan fingerprint density at radius 1 is 0.852 bits per heavy atom. The number of aryl methyl sites for hydroxylation is 3. The smallest absolute Gasteiger partial charge is 0.258 e. The van der Waals surface area contributed by atoms with Crippen LogP contribution in [0, 0.1) is 20.8 Å². The first kappa shape index (κ1) is 20.4. The molecule has 0 bridgehead atoms. The number of rotatable bonds is 8. The van der Waals surface area contributed by atoms with Crippen molar-refractivity contribution in [3.63, 3.8) is 0 Å². The lowest BCUT2D eigenvalue weighted by molar-refractivity contribution is -0.123. The Hall–Kier alpha value is -2.89. The Morgan fingerprint density at radius 3 is 1.89 bits per heavy atom. The minimum absolute atomic E-state index is 0.0465. The van der Waals surface area contributed by atoms with Crippen molar-refractivity contribution >= 4 is 5.91 Å². The highest BCUT2D eigenvalue weighted by Crippen LogP contribution is 2.38. The van der Waals surface area contributed by atoms with Crippen molar-refractivity contribution in [3.05, 3.63) is 46.5 Å². The normalized spacial score (nSPS) is 10.3. The van der Waals surface area contributed by atoms with E-state index in [2.05, 4.69) is 5.32 Å². The van der Waals surface area contributed by atoms with Crippen LogP contribution in [0.25, 0.3) is 0 Å². The van der Waals surface area contributed by atoms with Crippen LogP contribution >= 0.6 is 0 Å². The van der Waals surface area contributed by atoms with Crippen LogP contribution in [-0.2, 0) is 11.3 Å². The molecule has 6 nitrogen and oxygen atoms in total. The van der Waals surface area contributed by atoms with Gasteiger partial charge >= 0.3 is 0 Å². The molecular formula is C21H27NO5. The highest BCUT2D eigenvalue weighted by Gasteiger charge is 2.14. The van der Waals surface area contributed by atoms with E-state index in [0.29, 0.717) is 23.8 Å². The van der Waals surface area contributed by atoms with Gasteiger partial charge in [0.15, 0.2) is 18.1 Å². The van der Waals surface area contributed by atoms with E-state index < -0.39 is 0 Å². The Balaban J connectivity index is 2.00. The molecule has 6 heteroatoms. The number of hydrogen-bond acceptors (Lipinski definition) is 5. The number of carbonyl (C=O) groups excluding carboxylic acids is 1. The van der Waals surface area contributed by atoms with Crippen molar-refractivity contribution in [2.24, 2.45) is 0 Å². The van der Waals surface area contributed by atoms with Crippen LogP contribution in [0.5, 0.6) is 23.0 Å². The van der Waals surface area contributed by atoms with E-state index in [1.165, 1.54) is 5.56 Å². The molecular weight excluding hydrogens is 346 g/mol. The van der Waals surface area contributed by atoms with E-state index in [0.717, 1.165) is 22.4 Å². The second-order valence-electron chi connectivity index (χ2n) is 6.33. The molecule has 0 unspecified atom stereocenters. The number of methoxy groups -OCH3 is 3. The summed E-state index contributed by atoms with van der Waals surface area (Å²) in [5.41, 5.74) is 4.04. The van der Waals surface area contributed by atoms with Gasteiger partial charge in [-0.3, -0.25) is 4.79 Å². The van der Waals surface area contributed by atoms with Gasteiger partial charge in [0.25, 0.3) is 5.91 Å². The molecule has 0 saturated heterocycles. The zero-order valence-corrected chi connectivity index (χ0v) is 16.8. The molecule has 0 spiro atoms. The van der Waals surface area contributed by atoms with Gasteiger partial charge in [-0.05, 0) is 49.6 Å². The maximum Gasteiger partial charge on any atom is 0.258 e. The summed E-state index contributed by atoms with van der Waals surface area (Å²) in [5.74, 6) is 2.15. The Labute approximate surface area is 160 Å². The Bertz CT molecular complexity index is 768. The minimum Gasteiger partial charge on any atom is -0.493 e. The van der Waals surface area contributed by atoms with Crippen LogP contribution in [0.1, 0.15) is 22.3 Å². The molecule has 1 amide bonds. The summed E-state index contributed by atoms with van der Waals surface area (Å²) in [6.07, 6.45) is 0. The molecule has 146 valence electrons. The second kappa shape index (κ2) is 9.16. The maximum atomic E-state index is 12.2. The molecule has 2 aromatic carbocycles. The molecule has 0 atom stereocenters. The number of nitrogens with one attached hydrogen (secondary N) is 1. The van der Waals surface area contributed by atoms with Crippen molar-refractivity contribution in [2.75, 3.05) is 27.9 Å². The average Bonchev–Trinajstić information content (AvgIpc) is 2.64. The summed E-state index contributed by atoms with van der Waals surface area (Å²) >= 11 is 0. The second-order valence-corrected chi connectivity index (χ2v) is 6.33. The zero-order valence-electron chi connectivity index (χ0n) is 16.8. The molecule has 2 rings (SSSR count). The minimum atomic E-state index is -0.205. The number of hydrogen-bond donors (Lipinski definition) is 1. The summed E-state index contributed by atoms with van der Waals surface area (Å²) in [6.45, 7) is 6.26. The lowest BCUT2D eigenvalue weighted by atomic mass is 10.1. The fourth-order valence-electron chi connectivity index (χ4n) is 3.02. The largest absolute Gasteiger partial charge is 0.493 e. The summed E-state index contributed by atoms with van der Waals surface area (Å²) in [7, 11) is 4.66. The molecule has 0 heterocycles. The first-order valence-corrected chi connectivity index (χ1v) is 8.65. The van der Waals surface area contributed by atoms with Crippen molar-refractivity contribution < 1.29 is 23.7 Å². The molecule has 0 aliphatic carbocycles. The van der Waals surface area contributed by atoms with Crippen LogP contribution in [-0.4, -0.2) is 33.8 Å². The maximum absolute atomic E-state index is 12.2. The summed E-state index contributed by atoms with van der Waals surface area (Å²) < 4.78 is 21.7. The van der Waals surface area contributed by atoms with E-state index in [1.807, 2.05) is 32.9 Å². The summed E-state index contributed by atoms with van der Waals surface area (Å²) in [4.78, 5) is 12.2. The van der Waals surface area contributed by atoms with Gasteiger partial charge in [-0.1, -0.05) is 17.7 Å². The van der Waals surface area contributed by atoms with E-state index in [4.69, 9.17) is 18.9 Å². The Kier molecular flexibility index (Phi) is 6.93. The van der Waals surface area contributed by atoms with E-state index >= 15 is 0 Å². The van der Waals surface area contributed by atoms with Crippen LogP contribution in [0.4, 0.5) is 0 Å². The van der Waals surface area contributed by atoms with E-state index in [1.54, 1.807) is 33.5 Å². The zero-order chi connectivity index (χ0) is 20.0. The number of benzene rings is 2. The third kappa shape index (κ3) is 5.06. The standard InChI is InChI=1S/C21H27NO5/c1-13-7-14(2)20(15(3)8-13)27-12-19(23)22-11-16-9-17(24-4)21(26-6)18(10-16)25-5/h7-10H,11-12H2,1-6H3,(H,22,23). The van der Waals surface area contributed by atoms with E-state index in [-0.39, 0.29) is 12.5 Å². The molecule has 0 aromatic heterocycles. The van der Waals surface area contributed by atoms with Gasteiger partial charge in [0.1, 0.15) is 5.75 Å². The first-order valence-electron chi connectivity index (χ1n) is 8.65. The molecule has 0 saturated carbocycles.